The molecule has 0 bridgehead atoms. The van der Waals surface area contributed by atoms with Crippen molar-refractivity contribution in [1.82, 2.24) is 5.32 Å². The Bertz CT molecular complexity index is 295. The third-order valence-electron chi connectivity index (χ3n) is 2.80. The van der Waals surface area contributed by atoms with E-state index in [4.69, 9.17) is 9.84 Å². The van der Waals surface area contributed by atoms with Gasteiger partial charge in [0.15, 0.2) is 0 Å². The molecule has 1 fully saturated rings. The second-order valence-electron chi connectivity index (χ2n) is 5.54. The molecule has 0 radical (unpaired) electrons. The zero-order valence-electron chi connectivity index (χ0n) is 10.7. The summed E-state index contributed by atoms with van der Waals surface area (Å²) in [5.74, 6) is -0.784. The van der Waals surface area contributed by atoms with E-state index in [1.54, 1.807) is 20.8 Å². The molecule has 2 atom stereocenters. The van der Waals surface area contributed by atoms with E-state index in [0.29, 0.717) is 0 Å². The first-order valence-corrected chi connectivity index (χ1v) is 5.99. The second kappa shape index (κ2) is 5.38. The third kappa shape index (κ3) is 5.06. The fraction of sp³-hybridized carbons (Fsp3) is 0.833. The molecule has 98 valence electrons. The highest BCUT2D eigenvalue weighted by Crippen LogP contribution is 2.28. The topological polar surface area (TPSA) is 75.6 Å². The number of rotatable bonds is 3. The van der Waals surface area contributed by atoms with Crippen molar-refractivity contribution in [2.45, 2.75) is 58.1 Å². The lowest BCUT2D eigenvalue weighted by Crippen LogP contribution is -2.41. The minimum atomic E-state index is -0.812. The van der Waals surface area contributed by atoms with Crippen LogP contribution in [0.4, 0.5) is 4.79 Å². The molecule has 2 N–H and O–H groups in total. The van der Waals surface area contributed by atoms with Gasteiger partial charge in [-0.2, -0.15) is 0 Å². The van der Waals surface area contributed by atoms with E-state index in [9.17, 15) is 9.59 Å². The average molecular weight is 243 g/mol. The molecule has 1 rings (SSSR count). The van der Waals surface area contributed by atoms with E-state index in [-0.39, 0.29) is 18.4 Å². The van der Waals surface area contributed by atoms with Crippen molar-refractivity contribution in [2.24, 2.45) is 5.92 Å². The number of carbonyl (C=O) groups excluding carboxylic acids is 1. The number of carboxylic acid groups (broad SMARTS) is 1. The number of hydrogen-bond donors (Lipinski definition) is 2. The molecule has 0 saturated heterocycles. The maximum atomic E-state index is 11.6. The lowest BCUT2D eigenvalue weighted by molar-refractivity contribution is -0.138. The predicted molar refractivity (Wildman–Crippen MR) is 62.8 cm³/mol. The minimum absolute atomic E-state index is 0.0278. The second-order valence-corrected chi connectivity index (χ2v) is 5.54. The number of nitrogens with one attached hydrogen (secondary N) is 1. The standard InChI is InChI=1S/C12H21NO4/c1-12(2,3)17-11(16)13-9-6-4-5-8(9)7-10(14)15/h8-9H,4-7H2,1-3H3,(H,13,16)(H,14,15)/t8-,9-/m0/s1. The van der Waals surface area contributed by atoms with Gasteiger partial charge in [0.05, 0.1) is 6.42 Å². The number of hydrogen-bond acceptors (Lipinski definition) is 3. The molecule has 0 aliphatic heterocycles. The van der Waals surface area contributed by atoms with Gasteiger partial charge in [0.25, 0.3) is 0 Å². The summed E-state index contributed by atoms with van der Waals surface area (Å²) in [6.07, 6.45) is 2.29. The SMILES string of the molecule is CC(C)(C)OC(=O)N[C@H]1CCC[C@H]1CC(=O)O. The van der Waals surface area contributed by atoms with Crippen LogP contribution in [0.5, 0.6) is 0 Å². The van der Waals surface area contributed by atoms with Crippen molar-refractivity contribution >= 4 is 12.1 Å². The smallest absolute Gasteiger partial charge is 0.407 e. The van der Waals surface area contributed by atoms with E-state index < -0.39 is 17.7 Å². The van der Waals surface area contributed by atoms with Crippen molar-refractivity contribution in [3.8, 4) is 0 Å². The fourth-order valence-corrected chi connectivity index (χ4v) is 2.15. The van der Waals surface area contributed by atoms with Gasteiger partial charge in [-0.15, -0.1) is 0 Å². The molecule has 5 heteroatoms. The summed E-state index contributed by atoms with van der Waals surface area (Å²) in [6.45, 7) is 5.40. The summed E-state index contributed by atoms with van der Waals surface area (Å²) in [4.78, 5) is 22.2. The summed E-state index contributed by atoms with van der Waals surface area (Å²) in [7, 11) is 0. The largest absolute Gasteiger partial charge is 0.481 e. The zero-order valence-corrected chi connectivity index (χ0v) is 10.7. The number of ether oxygens (including phenoxy) is 1. The summed E-state index contributed by atoms with van der Waals surface area (Å²) >= 11 is 0. The molecule has 17 heavy (non-hydrogen) atoms. The molecular formula is C12H21NO4. The van der Waals surface area contributed by atoms with E-state index in [0.717, 1.165) is 19.3 Å². The predicted octanol–water partition coefficient (Wildman–Crippen LogP) is 2.15. The van der Waals surface area contributed by atoms with Crippen LogP contribution < -0.4 is 5.32 Å². The van der Waals surface area contributed by atoms with Crippen molar-refractivity contribution in [3.05, 3.63) is 0 Å². The number of carboxylic acids is 1. The molecule has 0 heterocycles. The minimum Gasteiger partial charge on any atom is -0.481 e. The summed E-state index contributed by atoms with van der Waals surface area (Å²) in [6, 6.07) is -0.0686. The van der Waals surface area contributed by atoms with Crippen LogP contribution in [0.1, 0.15) is 46.5 Å². The van der Waals surface area contributed by atoms with Crippen LogP contribution in [0, 0.1) is 5.92 Å². The van der Waals surface area contributed by atoms with Crippen molar-refractivity contribution in [3.63, 3.8) is 0 Å². The van der Waals surface area contributed by atoms with E-state index >= 15 is 0 Å². The van der Waals surface area contributed by atoms with Crippen molar-refractivity contribution < 1.29 is 19.4 Å². The Hall–Kier alpha value is -1.26. The summed E-state index contributed by atoms with van der Waals surface area (Å²) in [5, 5.41) is 11.5. The highest BCUT2D eigenvalue weighted by molar-refractivity contribution is 5.69. The van der Waals surface area contributed by atoms with Crippen LogP contribution in [0.15, 0.2) is 0 Å². The van der Waals surface area contributed by atoms with Crippen molar-refractivity contribution in [1.29, 1.82) is 0 Å². The van der Waals surface area contributed by atoms with Crippen LogP contribution >= 0.6 is 0 Å². The summed E-state index contributed by atoms with van der Waals surface area (Å²) < 4.78 is 5.16. The number of carbonyl (C=O) groups is 2. The van der Waals surface area contributed by atoms with Crippen LogP contribution in [0.3, 0.4) is 0 Å². The molecule has 0 aromatic rings. The Morgan fingerprint density at radius 2 is 2.00 bits per heavy atom. The highest BCUT2D eigenvalue weighted by Gasteiger charge is 2.31. The molecule has 1 aliphatic rings. The Morgan fingerprint density at radius 1 is 1.35 bits per heavy atom. The number of aliphatic carboxylic acids is 1. The Kier molecular flexibility index (Phi) is 4.37. The van der Waals surface area contributed by atoms with Crippen LogP contribution in [0.2, 0.25) is 0 Å². The van der Waals surface area contributed by atoms with Crippen LogP contribution in [-0.4, -0.2) is 28.8 Å². The molecular weight excluding hydrogens is 222 g/mol. The van der Waals surface area contributed by atoms with Gasteiger partial charge < -0.3 is 15.2 Å². The van der Waals surface area contributed by atoms with E-state index in [2.05, 4.69) is 5.32 Å². The normalized spacial score (nSPS) is 24.4. The molecule has 1 aliphatic carbocycles. The summed E-state index contributed by atoms with van der Waals surface area (Å²) in [5.41, 5.74) is -0.523. The van der Waals surface area contributed by atoms with Gasteiger partial charge >= 0.3 is 12.1 Å². The van der Waals surface area contributed by atoms with Crippen LogP contribution in [-0.2, 0) is 9.53 Å². The molecule has 5 nitrogen and oxygen atoms in total. The highest BCUT2D eigenvalue weighted by atomic mass is 16.6. The molecule has 0 unspecified atom stereocenters. The van der Waals surface area contributed by atoms with Gasteiger partial charge in [-0.3, -0.25) is 4.79 Å². The Labute approximate surface area is 102 Å². The molecule has 1 amide bonds. The van der Waals surface area contributed by atoms with Gasteiger partial charge in [-0.1, -0.05) is 6.42 Å². The molecule has 0 aromatic carbocycles. The third-order valence-corrected chi connectivity index (χ3v) is 2.80. The average Bonchev–Trinajstić information content (AvgIpc) is 2.47. The number of amides is 1. The van der Waals surface area contributed by atoms with Gasteiger partial charge in [-0.25, -0.2) is 4.79 Å². The Balaban J connectivity index is 2.44. The maximum Gasteiger partial charge on any atom is 0.407 e. The van der Waals surface area contributed by atoms with Gasteiger partial charge in [0.1, 0.15) is 5.60 Å². The van der Waals surface area contributed by atoms with Gasteiger partial charge in [-0.05, 0) is 39.5 Å². The Morgan fingerprint density at radius 3 is 2.53 bits per heavy atom. The molecule has 1 saturated carbocycles. The van der Waals surface area contributed by atoms with Gasteiger partial charge in [0.2, 0.25) is 0 Å². The van der Waals surface area contributed by atoms with Crippen LogP contribution in [0.25, 0.3) is 0 Å². The lowest BCUT2D eigenvalue weighted by atomic mass is 10.00. The first-order valence-electron chi connectivity index (χ1n) is 5.99. The quantitative estimate of drug-likeness (QED) is 0.796. The lowest BCUT2D eigenvalue weighted by Gasteiger charge is -2.24. The number of alkyl carbamates (subject to hydrolysis) is 1. The van der Waals surface area contributed by atoms with E-state index in [1.807, 2.05) is 0 Å². The van der Waals surface area contributed by atoms with Crippen molar-refractivity contribution in [2.75, 3.05) is 0 Å². The van der Waals surface area contributed by atoms with Gasteiger partial charge in [0, 0.05) is 6.04 Å². The maximum absolute atomic E-state index is 11.6. The van der Waals surface area contributed by atoms with E-state index in [1.165, 1.54) is 0 Å². The molecule has 0 spiro atoms. The first kappa shape index (κ1) is 13.8. The molecule has 0 aromatic heterocycles. The zero-order chi connectivity index (χ0) is 13.1. The fourth-order valence-electron chi connectivity index (χ4n) is 2.15. The first-order chi connectivity index (χ1) is 7.78. The monoisotopic (exact) mass is 243 g/mol.